The van der Waals surface area contributed by atoms with Crippen LogP contribution in [0.25, 0.3) is 104 Å². The van der Waals surface area contributed by atoms with Gasteiger partial charge in [-0.25, -0.2) is 0 Å². The maximum absolute atomic E-state index is 2.57. The molecular formula is C54H32N4. The number of anilines is 3. The molecule has 0 spiro atoms. The zero-order valence-corrected chi connectivity index (χ0v) is 31.3. The zero-order valence-electron chi connectivity index (χ0n) is 31.3. The molecule has 0 saturated heterocycles. The van der Waals surface area contributed by atoms with Gasteiger partial charge in [-0.2, -0.15) is 0 Å². The molecule has 0 atom stereocenters. The highest BCUT2D eigenvalue weighted by atomic mass is 15.1. The first-order valence-corrected chi connectivity index (χ1v) is 20.0. The molecule has 0 N–H and O–H groups in total. The number of rotatable bonds is 4. The van der Waals surface area contributed by atoms with Gasteiger partial charge in [-0.15, -0.1) is 0 Å². The lowest BCUT2D eigenvalue weighted by molar-refractivity contribution is 1.18. The van der Waals surface area contributed by atoms with Crippen LogP contribution in [0.2, 0.25) is 0 Å². The third kappa shape index (κ3) is 3.70. The molecule has 4 nitrogen and oxygen atoms in total. The van der Waals surface area contributed by atoms with Crippen LogP contribution in [0, 0.1) is 0 Å². The van der Waals surface area contributed by atoms with Gasteiger partial charge in [0.15, 0.2) is 0 Å². The Hall–Kier alpha value is -7.82. The van der Waals surface area contributed by atoms with E-state index in [1.165, 1.54) is 104 Å². The summed E-state index contributed by atoms with van der Waals surface area (Å²) in [6.07, 6.45) is 0. The zero-order chi connectivity index (χ0) is 37.6. The van der Waals surface area contributed by atoms with Gasteiger partial charge in [0, 0.05) is 76.6 Å². The van der Waals surface area contributed by atoms with Gasteiger partial charge < -0.3 is 18.3 Å². The lowest BCUT2D eigenvalue weighted by atomic mass is 9.97. The molecule has 14 rings (SSSR count). The molecule has 4 heteroatoms. The van der Waals surface area contributed by atoms with Crippen molar-refractivity contribution in [3.05, 3.63) is 194 Å². The minimum Gasteiger partial charge on any atom is -0.310 e. The van der Waals surface area contributed by atoms with Gasteiger partial charge in [0.1, 0.15) is 0 Å². The van der Waals surface area contributed by atoms with Crippen molar-refractivity contribution in [3.63, 3.8) is 0 Å². The van der Waals surface area contributed by atoms with E-state index in [1.54, 1.807) is 0 Å². The second-order valence-electron chi connectivity index (χ2n) is 15.7. The SMILES string of the molecule is c1ccc(N(c2ccccc2)c2ccc3c4cc5c(c6c7ccccc7n(c3c2)c46)c2c3c4ccccc4n(-c4ccccc4)c3cc3c4ccccc4n5c32)cc1. The van der Waals surface area contributed by atoms with Crippen LogP contribution in [0.15, 0.2) is 194 Å². The summed E-state index contributed by atoms with van der Waals surface area (Å²) >= 11 is 0. The monoisotopic (exact) mass is 736 g/mol. The molecule has 0 unspecified atom stereocenters. The van der Waals surface area contributed by atoms with Crippen LogP contribution in [0.1, 0.15) is 0 Å². The van der Waals surface area contributed by atoms with E-state index in [1.807, 2.05) is 0 Å². The predicted octanol–water partition coefficient (Wildman–Crippen LogP) is 14.6. The number of hydrogen-bond donors (Lipinski definition) is 0. The van der Waals surface area contributed by atoms with Crippen molar-refractivity contribution in [2.75, 3.05) is 4.90 Å². The van der Waals surface area contributed by atoms with Crippen molar-refractivity contribution in [1.29, 1.82) is 0 Å². The molecule has 5 heterocycles. The third-order valence-electron chi connectivity index (χ3n) is 12.8. The van der Waals surface area contributed by atoms with E-state index in [4.69, 9.17) is 0 Å². The standard InChI is InChI=1S/C54H32N4/c1-4-16-33(17-5-1)55(34-18-6-2-7-19-34)36-28-29-38-42-32-48-51(50-40-24-12-15-27-45(40)57(53(42)50)46(38)30-36)52-49-39-23-11-14-26-44(39)56(35-20-8-3-9-21-35)47(49)31-41-37-22-10-13-25-43(37)58(48)54(41)52/h1-32H. The number of aromatic nitrogens is 3. The Balaban J connectivity index is 1.21. The van der Waals surface area contributed by atoms with Crippen LogP contribution in [-0.2, 0) is 0 Å². The topological polar surface area (TPSA) is 17.0 Å². The molecule has 9 aromatic carbocycles. The molecule has 268 valence electrons. The van der Waals surface area contributed by atoms with Crippen molar-refractivity contribution < 1.29 is 0 Å². The number of fused-ring (bicyclic) bond motifs is 17. The highest BCUT2D eigenvalue weighted by molar-refractivity contribution is 6.43. The Morgan fingerprint density at radius 1 is 0.276 bits per heavy atom. The number of benzene rings is 9. The Labute approximate surface area is 331 Å². The first kappa shape index (κ1) is 30.4. The number of nitrogens with zero attached hydrogens (tertiary/aromatic N) is 4. The van der Waals surface area contributed by atoms with E-state index in [0.29, 0.717) is 0 Å². The van der Waals surface area contributed by atoms with Crippen molar-refractivity contribution in [2.24, 2.45) is 0 Å². The molecule has 0 fully saturated rings. The second kappa shape index (κ2) is 10.9. The van der Waals surface area contributed by atoms with Gasteiger partial charge in [-0.05, 0) is 78.9 Å². The van der Waals surface area contributed by atoms with Crippen LogP contribution in [-0.4, -0.2) is 13.4 Å². The average molecular weight is 737 g/mol. The third-order valence-corrected chi connectivity index (χ3v) is 12.8. The lowest BCUT2D eigenvalue weighted by Crippen LogP contribution is -2.09. The molecule has 0 aliphatic carbocycles. The van der Waals surface area contributed by atoms with Gasteiger partial charge >= 0.3 is 0 Å². The summed E-state index contributed by atoms with van der Waals surface area (Å²) in [6, 6.07) is 71.3. The van der Waals surface area contributed by atoms with Crippen LogP contribution in [0.5, 0.6) is 0 Å². The average Bonchev–Trinajstić information content (AvgIpc) is 4.07. The number of hydrogen-bond acceptors (Lipinski definition) is 1. The summed E-state index contributed by atoms with van der Waals surface area (Å²) in [4.78, 5) is 2.37. The van der Waals surface area contributed by atoms with E-state index in [9.17, 15) is 0 Å². The summed E-state index contributed by atoms with van der Waals surface area (Å²) in [5, 5.41) is 12.9. The first-order valence-electron chi connectivity index (χ1n) is 20.0. The van der Waals surface area contributed by atoms with Gasteiger partial charge in [-0.3, -0.25) is 0 Å². The van der Waals surface area contributed by atoms with Crippen molar-refractivity contribution in [1.82, 2.24) is 13.4 Å². The quantitative estimate of drug-likeness (QED) is 0.176. The number of para-hydroxylation sites is 6. The van der Waals surface area contributed by atoms with E-state index in [2.05, 4.69) is 212 Å². The minimum absolute atomic E-state index is 1.13. The fourth-order valence-electron chi connectivity index (χ4n) is 10.6. The summed E-state index contributed by atoms with van der Waals surface area (Å²) in [5.41, 5.74) is 14.5. The van der Waals surface area contributed by atoms with E-state index in [0.717, 1.165) is 17.1 Å². The van der Waals surface area contributed by atoms with Crippen molar-refractivity contribution in [2.45, 2.75) is 0 Å². The minimum atomic E-state index is 1.13. The Morgan fingerprint density at radius 2 is 0.776 bits per heavy atom. The molecule has 0 bridgehead atoms. The fourth-order valence-corrected chi connectivity index (χ4v) is 10.6. The Morgan fingerprint density at radius 3 is 1.47 bits per heavy atom. The molecular weight excluding hydrogens is 705 g/mol. The van der Waals surface area contributed by atoms with E-state index in [-0.39, 0.29) is 0 Å². The molecule has 5 aromatic heterocycles. The molecule has 58 heavy (non-hydrogen) atoms. The van der Waals surface area contributed by atoms with Gasteiger partial charge in [0.05, 0.1) is 44.1 Å². The van der Waals surface area contributed by atoms with E-state index >= 15 is 0 Å². The van der Waals surface area contributed by atoms with E-state index < -0.39 is 0 Å². The summed E-state index contributed by atoms with van der Waals surface area (Å²) in [5.74, 6) is 0. The van der Waals surface area contributed by atoms with Crippen molar-refractivity contribution in [3.8, 4) is 5.69 Å². The van der Waals surface area contributed by atoms with Crippen molar-refractivity contribution >= 4 is 115 Å². The smallest absolute Gasteiger partial charge is 0.0628 e. The summed E-state index contributed by atoms with van der Waals surface area (Å²) < 4.78 is 7.59. The molecule has 0 saturated carbocycles. The largest absolute Gasteiger partial charge is 0.310 e. The predicted molar refractivity (Wildman–Crippen MR) is 245 cm³/mol. The highest BCUT2D eigenvalue weighted by Gasteiger charge is 2.29. The summed E-state index contributed by atoms with van der Waals surface area (Å²) in [7, 11) is 0. The molecule has 0 amide bonds. The maximum atomic E-state index is 2.57. The van der Waals surface area contributed by atoms with Crippen LogP contribution in [0.4, 0.5) is 17.1 Å². The van der Waals surface area contributed by atoms with Crippen LogP contribution < -0.4 is 4.90 Å². The van der Waals surface area contributed by atoms with Gasteiger partial charge in [-0.1, -0.05) is 115 Å². The molecule has 0 aliphatic heterocycles. The molecule has 0 radical (unpaired) electrons. The molecule has 14 aromatic rings. The maximum Gasteiger partial charge on any atom is 0.0628 e. The van der Waals surface area contributed by atoms with Gasteiger partial charge in [0.25, 0.3) is 0 Å². The lowest BCUT2D eigenvalue weighted by Gasteiger charge is -2.25. The van der Waals surface area contributed by atoms with Gasteiger partial charge in [0.2, 0.25) is 0 Å². The fraction of sp³-hybridized carbons (Fsp3) is 0. The Kier molecular flexibility index (Phi) is 5.73. The Bertz CT molecular complexity index is 3910. The second-order valence-corrected chi connectivity index (χ2v) is 15.7. The normalized spacial score (nSPS) is 12.5. The van der Waals surface area contributed by atoms with Crippen LogP contribution >= 0.6 is 0 Å². The highest BCUT2D eigenvalue weighted by Crippen LogP contribution is 2.52. The van der Waals surface area contributed by atoms with Crippen LogP contribution in [0.3, 0.4) is 0 Å². The summed E-state index contributed by atoms with van der Waals surface area (Å²) in [6.45, 7) is 0. The molecule has 0 aliphatic rings. The first-order chi connectivity index (χ1) is 28.8.